The fraction of sp³-hybridized carbons (Fsp3) is 0.364. The molecule has 2 aliphatic heterocycles. The first-order chi connectivity index (χ1) is 14.0. The number of piperazine rings is 1. The number of nitrogens with one attached hydrogen (secondary N) is 1. The number of anilines is 3. The fourth-order valence-corrected chi connectivity index (χ4v) is 4.16. The summed E-state index contributed by atoms with van der Waals surface area (Å²) < 4.78 is 0. The van der Waals surface area contributed by atoms with Gasteiger partial charge in [0.05, 0.1) is 28.0 Å². The summed E-state index contributed by atoms with van der Waals surface area (Å²) in [5.74, 6) is -0.612. The molecule has 0 aromatic heterocycles. The average Bonchev–Trinajstić information content (AvgIpc) is 3.11. The quantitative estimate of drug-likeness (QED) is 0.838. The van der Waals surface area contributed by atoms with Crippen molar-refractivity contribution in [2.45, 2.75) is 6.42 Å². The number of rotatable bonds is 4. The molecule has 6 nitrogen and oxygen atoms in total. The summed E-state index contributed by atoms with van der Waals surface area (Å²) in [6, 6.07) is 15.1. The lowest BCUT2D eigenvalue weighted by atomic mass is 10.1. The highest BCUT2D eigenvalue weighted by atomic mass is 35.5. The van der Waals surface area contributed by atoms with Crippen LogP contribution >= 0.6 is 11.6 Å². The molecule has 152 valence electrons. The lowest BCUT2D eigenvalue weighted by Gasteiger charge is -2.35. The van der Waals surface area contributed by atoms with Crippen molar-refractivity contribution < 1.29 is 9.59 Å². The Balaban J connectivity index is 1.47. The molecule has 7 heteroatoms. The predicted octanol–water partition coefficient (Wildman–Crippen LogP) is 3.08. The molecule has 2 aromatic rings. The van der Waals surface area contributed by atoms with Crippen molar-refractivity contribution in [3.63, 3.8) is 0 Å². The van der Waals surface area contributed by atoms with E-state index in [0.717, 1.165) is 37.6 Å². The Hall–Kier alpha value is -2.57. The van der Waals surface area contributed by atoms with E-state index >= 15 is 0 Å². The van der Waals surface area contributed by atoms with Gasteiger partial charge in [-0.3, -0.25) is 9.59 Å². The molecule has 0 radical (unpaired) electrons. The number of hydrogen-bond acceptors (Lipinski definition) is 4. The SMILES string of the molecule is CN1CCN(c2ccccc2NC(=O)C2CC(=O)N(c3ccccc3Cl)C2)CC1. The first kappa shape index (κ1) is 19.7. The number of halogens is 1. The van der Waals surface area contributed by atoms with Gasteiger partial charge in [0.2, 0.25) is 11.8 Å². The fourth-order valence-electron chi connectivity index (χ4n) is 3.92. The molecule has 2 amide bonds. The van der Waals surface area contributed by atoms with Crippen molar-refractivity contribution in [1.29, 1.82) is 0 Å². The minimum absolute atomic E-state index is 0.0781. The van der Waals surface area contributed by atoms with Crippen LogP contribution in [0.15, 0.2) is 48.5 Å². The number of nitrogens with zero attached hydrogens (tertiary/aromatic N) is 3. The molecule has 2 aromatic carbocycles. The molecule has 4 rings (SSSR count). The second-order valence-corrected chi connectivity index (χ2v) is 8.06. The van der Waals surface area contributed by atoms with Gasteiger partial charge in [-0.1, -0.05) is 35.9 Å². The van der Waals surface area contributed by atoms with Crippen LogP contribution in [0.1, 0.15) is 6.42 Å². The first-order valence-electron chi connectivity index (χ1n) is 9.91. The molecule has 1 N–H and O–H groups in total. The van der Waals surface area contributed by atoms with E-state index in [-0.39, 0.29) is 18.2 Å². The summed E-state index contributed by atoms with van der Waals surface area (Å²) in [7, 11) is 2.12. The van der Waals surface area contributed by atoms with Crippen LogP contribution in [0, 0.1) is 5.92 Å². The maximum atomic E-state index is 13.0. The number of likely N-dealkylation sites (N-methyl/N-ethyl adjacent to an activating group) is 1. The Morgan fingerprint density at radius 2 is 1.66 bits per heavy atom. The summed E-state index contributed by atoms with van der Waals surface area (Å²) in [6.07, 6.45) is 0.188. The Morgan fingerprint density at radius 3 is 2.38 bits per heavy atom. The lowest BCUT2D eigenvalue weighted by molar-refractivity contribution is -0.122. The third kappa shape index (κ3) is 4.23. The van der Waals surface area contributed by atoms with Gasteiger partial charge in [0.25, 0.3) is 0 Å². The van der Waals surface area contributed by atoms with Crippen molar-refractivity contribution in [3.05, 3.63) is 53.6 Å². The largest absolute Gasteiger partial charge is 0.367 e. The summed E-state index contributed by atoms with van der Waals surface area (Å²) in [4.78, 5) is 31.7. The van der Waals surface area contributed by atoms with Gasteiger partial charge in [-0.25, -0.2) is 0 Å². The molecule has 1 unspecified atom stereocenters. The minimum Gasteiger partial charge on any atom is -0.367 e. The van der Waals surface area contributed by atoms with Crippen LogP contribution in [0.25, 0.3) is 0 Å². The first-order valence-corrected chi connectivity index (χ1v) is 10.3. The second kappa shape index (κ2) is 8.43. The van der Waals surface area contributed by atoms with Gasteiger partial charge in [0, 0.05) is 39.1 Å². The van der Waals surface area contributed by atoms with E-state index < -0.39 is 5.92 Å². The maximum absolute atomic E-state index is 13.0. The van der Waals surface area contributed by atoms with Crippen molar-refractivity contribution in [2.75, 3.05) is 54.9 Å². The molecule has 2 saturated heterocycles. The van der Waals surface area contributed by atoms with Crippen LogP contribution in [0.2, 0.25) is 5.02 Å². The maximum Gasteiger partial charge on any atom is 0.229 e. The van der Waals surface area contributed by atoms with Gasteiger partial charge >= 0.3 is 0 Å². The number of hydrogen-bond donors (Lipinski definition) is 1. The van der Waals surface area contributed by atoms with Gasteiger partial charge in [0.15, 0.2) is 0 Å². The normalized spacial score (nSPS) is 20.2. The zero-order valence-electron chi connectivity index (χ0n) is 16.5. The summed E-state index contributed by atoms with van der Waals surface area (Å²) in [5, 5.41) is 3.58. The molecule has 29 heavy (non-hydrogen) atoms. The molecule has 0 saturated carbocycles. The zero-order valence-corrected chi connectivity index (χ0v) is 17.2. The third-order valence-corrected chi connectivity index (χ3v) is 5.96. The highest BCUT2D eigenvalue weighted by Crippen LogP contribution is 2.32. The molecule has 2 heterocycles. The van der Waals surface area contributed by atoms with E-state index in [0.29, 0.717) is 17.3 Å². The molecule has 1 atom stereocenters. The molecule has 0 aliphatic carbocycles. The number of benzene rings is 2. The van der Waals surface area contributed by atoms with Crippen LogP contribution in [0.3, 0.4) is 0 Å². The molecule has 2 fully saturated rings. The Morgan fingerprint density at radius 1 is 1.00 bits per heavy atom. The van der Waals surface area contributed by atoms with E-state index in [1.165, 1.54) is 0 Å². The average molecular weight is 413 g/mol. The molecule has 2 aliphatic rings. The van der Waals surface area contributed by atoms with E-state index in [4.69, 9.17) is 11.6 Å². The summed E-state index contributed by atoms with van der Waals surface area (Å²) in [5.41, 5.74) is 2.49. The van der Waals surface area contributed by atoms with Gasteiger partial charge in [-0.2, -0.15) is 0 Å². The van der Waals surface area contributed by atoms with Gasteiger partial charge in [-0.15, -0.1) is 0 Å². The van der Waals surface area contributed by atoms with Crippen LogP contribution < -0.4 is 15.1 Å². The summed E-state index contributed by atoms with van der Waals surface area (Å²) >= 11 is 6.24. The van der Waals surface area contributed by atoms with Crippen LogP contribution in [0.5, 0.6) is 0 Å². The van der Waals surface area contributed by atoms with Crippen LogP contribution in [-0.2, 0) is 9.59 Å². The second-order valence-electron chi connectivity index (χ2n) is 7.65. The minimum atomic E-state index is -0.403. The smallest absolute Gasteiger partial charge is 0.229 e. The third-order valence-electron chi connectivity index (χ3n) is 5.64. The Kier molecular flexibility index (Phi) is 5.74. The molecule has 0 bridgehead atoms. The Labute approximate surface area is 176 Å². The highest BCUT2D eigenvalue weighted by Gasteiger charge is 2.36. The number of amides is 2. The van der Waals surface area contributed by atoms with Crippen molar-refractivity contribution in [3.8, 4) is 0 Å². The summed E-state index contributed by atoms with van der Waals surface area (Å²) in [6.45, 7) is 4.17. The Bertz CT molecular complexity index is 911. The highest BCUT2D eigenvalue weighted by molar-refractivity contribution is 6.33. The van der Waals surface area contributed by atoms with E-state index in [1.807, 2.05) is 42.5 Å². The van der Waals surface area contributed by atoms with E-state index in [1.54, 1.807) is 11.0 Å². The monoisotopic (exact) mass is 412 g/mol. The number of para-hydroxylation sites is 3. The lowest BCUT2D eigenvalue weighted by Crippen LogP contribution is -2.44. The van der Waals surface area contributed by atoms with E-state index in [9.17, 15) is 9.59 Å². The van der Waals surface area contributed by atoms with Crippen molar-refractivity contribution in [2.24, 2.45) is 5.92 Å². The molecule has 0 spiro atoms. The van der Waals surface area contributed by atoms with Crippen LogP contribution in [-0.4, -0.2) is 56.5 Å². The standard InChI is InChI=1S/C22H25ClN4O2/c1-25-10-12-26(13-11-25)20-9-5-3-7-18(20)24-22(29)16-14-21(28)27(15-16)19-8-4-2-6-17(19)23/h2-9,16H,10-15H2,1H3,(H,24,29). The van der Waals surface area contributed by atoms with E-state index in [2.05, 4.69) is 22.2 Å². The number of carbonyl (C=O) groups is 2. The van der Waals surface area contributed by atoms with Gasteiger partial charge in [0.1, 0.15) is 0 Å². The number of carbonyl (C=O) groups excluding carboxylic acids is 2. The van der Waals surface area contributed by atoms with Crippen molar-refractivity contribution >= 4 is 40.5 Å². The zero-order chi connectivity index (χ0) is 20.4. The van der Waals surface area contributed by atoms with Gasteiger partial charge in [-0.05, 0) is 31.3 Å². The predicted molar refractivity (Wildman–Crippen MR) is 117 cm³/mol. The molecular weight excluding hydrogens is 388 g/mol. The molecular formula is C22H25ClN4O2. The van der Waals surface area contributed by atoms with Crippen LogP contribution in [0.4, 0.5) is 17.1 Å². The topological polar surface area (TPSA) is 55.9 Å². The van der Waals surface area contributed by atoms with Gasteiger partial charge < -0.3 is 20.0 Å². The van der Waals surface area contributed by atoms with Crippen molar-refractivity contribution in [1.82, 2.24) is 4.90 Å².